The Bertz CT molecular complexity index is 671. The molecule has 0 bridgehead atoms. The van der Waals surface area contributed by atoms with Gasteiger partial charge in [0.05, 0.1) is 13.2 Å². The number of morpholine rings is 1. The highest BCUT2D eigenvalue weighted by molar-refractivity contribution is 5.50. The molecule has 1 aromatic carbocycles. The van der Waals surface area contributed by atoms with Crippen LogP contribution in [0.25, 0.3) is 0 Å². The van der Waals surface area contributed by atoms with Crippen molar-refractivity contribution in [3.63, 3.8) is 0 Å². The molecular formula is C28H47NO3. The zero-order valence-corrected chi connectivity index (χ0v) is 21.0. The summed E-state index contributed by atoms with van der Waals surface area (Å²) in [6, 6.07) is 4.38. The zero-order valence-electron chi connectivity index (χ0n) is 21.0. The van der Waals surface area contributed by atoms with E-state index < -0.39 is 0 Å². The lowest BCUT2D eigenvalue weighted by molar-refractivity contribution is 0.00643. The molecule has 2 aliphatic rings. The highest BCUT2D eigenvalue weighted by Crippen LogP contribution is 2.45. The van der Waals surface area contributed by atoms with Gasteiger partial charge in [0.25, 0.3) is 0 Å². The molecule has 0 radical (unpaired) electrons. The second kappa shape index (κ2) is 13.3. The van der Waals surface area contributed by atoms with Crippen molar-refractivity contribution in [1.82, 2.24) is 4.90 Å². The lowest BCUT2D eigenvalue weighted by Gasteiger charge is -2.39. The molecule has 1 saturated carbocycles. The minimum Gasteiger partial charge on any atom is -0.508 e. The minimum atomic E-state index is -0.0376. The number of aromatic hydroxyl groups is 2. The maximum Gasteiger partial charge on any atom is 0.123 e. The number of benzene rings is 1. The standard InChI is InChI=1S/C25H41NO3.C3H6/c1-4-5-6-7-11-25(2,3)20-17-22(27)24(23(28)18-20)19-9-8-10-21(16-19)26-12-14-29-15-13-26;1-3-2/h17-19,21,27-28H,4-16H2,1-3H3;3H,1H2,2H3. The first-order valence-electron chi connectivity index (χ1n) is 12.8. The van der Waals surface area contributed by atoms with Gasteiger partial charge in [-0.25, -0.2) is 0 Å². The summed E-state index contributed by atoms with van der Waals surface area (Å²) in [4.78, 5) is 2.54. The van der Waals surface area contributed by atoms with Gasteiger partial charge in [-0.15, -0.1) is 6.58 Å². The fraction of sp³-hybridized carbons (Fsp3) is 0.714. The molecule has 4 heteroatoms. The third-order valence-corrected chi connectivity index (χ3v) is 7.19. The van der Waals surface area contributed by atoms with E-state index in [1.54, 1.807) is 6.08 Å². The van der Waals surface area contributed by atoms with Crippen molar-refractivity contribution in [3.8, 4) is 11.5 Å². The van der Waals surface area contributed by atoms with Crippen LogP contribution in [0.5, 0.6) is 11.5 Å². The summed E-state index contributed by atoms with van der Waals surface area (Å²) in [6.07, 6.45) is 12.2. The Morgan fingerprint density at radius 3 is 2.31 bits per heavy atom. The fourth-order valence-corrected chi connectivity index (χ4v) is 5.27. The number of unbranched alkanes of at least 4 members (excludes halogenated alkanes) is 3. The van der Waals surface area contributed by atoms with E-state index >= 15 is 0 Å². The van der Waals surface area contributed by atoms with Crippen LogP contribution in [0.15, 0.2) is 24.8 Å². The molecule has 32 heavy (non-hydrogen) atoms. The van der Waals surface area contributed by atoms with E-state index in [4.69, 9.17) is 4.74 Å². The summed E-state index contributed by atoms with van der Waals surface area (Å²) in [5.41, 5.74) is 1.78. The predicted octanol–water partition coefficient (Wildman–Crippen LogP) is 6.90. The molecule has 2 unspecified atom stereocenters. The van der Waals surface area contributed by atoms with Gasteiger partial charge in [0.1, 0.15) is 11.5 Å². The number of rotatable bonds is 8. The molecule has 0 aromatic heterocycles. The topological polar surface area (TPSA) is 52.9 Å². The molecule has 1 aromatic rings. The van der Waals surface area contributed by atoms with Crippen LogP contribution in [0, 0.1) is 0 Å². The number of hydrogen-bond donors (Lipinski definition) is 2. The number of phenols is 2. The number of ether oxygens (including phenoxy) is 1. The molecule has 0 spiro atoms. The van der Waals surface area contributed by atoms with E-state index in [2.05, 4.69) is 32.3 Å². The van der Waals surface area contributed by atoms with E-state index in [0.29, 0.717) is 6.04 Å². The smallest absolute Gasteiger partial charge is 0.123 e. The Labute approximate surface area is 196 Å². The van der Waals surface area contributed by atoms with Gasteiger partial charge in [0.2, 0.25) is 0 Å². The van der Waals surface area contributed by atoms with Crippen LogP contribution in [0.3, 0.4) is 0 Å². The summed E-state index contributed by atoms with van der Waals surface area (Å²) in [5.74, 6) is 0.807. The maximum absolute atomic E-state index is 10.9. The van der Waals surface area contributed by atoms with Gasteiger partial charge < -0.3 is 14.9 Å². The Morgan fingerprint density at radius 1 is 1.09 bits per heavy atom. The van der Waals surface area contributed by atoms with Crippen molar-refractivity contribution in [3.05, 3.63) is 35.9 Å². The SMILES string of the molecule is C=CC.CCCCCCC(C)(C)c1cc(O)c(C2CCCC(N3CCOCC3)C2)c(O)c1. The highest BCUT2D eigenvalue weighted by Gasteiger charge is 2.32. The summed E-state index contributed by atoms with van der Waals surface area (Å²) in [5, 5.41) is 21.8. The molecule has 0 amide bonds. The molecule has 2 N–H and O–H groups in total. The zero-order chi connectivity index (χ0) is 23.6. The molecule has 1 aliphatic carbocycles. The fourth-order valence-electron chi connectivity index (χ4n) is 5.27. The van der Waals surface area contributed by atoms with Gasteiger partial charge in [-0.05, 0) is 61.6 Å². The first-order chi connectivity index (χ1) is 15.3. The third-order valence-electron chi connectivity index (χ3n) is 7.19. The minimum absolute atomic E-state index is 0.0376. The van der Waals surface area contributed by atoms with Gasteiger partial charge in [0.15, 0.2) is 0 Å². The van der Waals surface area contributed by atoms with Crippen LogP contribution >= 0.6 is 0 Å². The van der Waals surface area contributed by atoms with Gasteiger partial charge >= 0.3 is 0 Å². The molecule has 1 heterocycles. The Balaban J connectivity index is 0.00000114. The normalized spacial score (nSPS) is 22.1. The van der Waals surface area contributed by atoms with Crippen LogP contribution in [0.2, 0.25) is 0 Å². The highest BCUT2D eigenvalue weighted by atomic mass is 16.5. The van der Waals surface area contributed by atoms with E-state index in [9.17, 15) is 10.2 Å². The van der Waals surface area contributed by atoms with Crippen molar-refractivity contribution in [2.45, 2.75) is 103 Å². The van der Waals surface area contributed by atoms with Crippen LogP contribution in [-0.4, -0.2) is 47.5 Å². The quantitative estimate of drug-likeness (QED) is 0.338. The van der Waals surface area contributed by atoms with Crippen LogP contribution in [0.1, 0.15) is 103 Å². The number of nitrogens with zero attached hydrogens (tertiary/aromatic N) is 1. The molecule has 4 nitrogen and oxygen atoms in total. The average molecular weight is 446 g/mol. The van der Waals surface area contributed by atoms with Crippen molar-refractivity contribution < 1.29 is 14.9 Å². The van der Waals surface area contributed by atoms with Gasteiger partial charge in [-0.3, -0.25) is 4.90 Å². The van der Waals surface area contributed by atoms with Gasteiger partial charge in [-0.1, -0.05) is 59.0 Å². The lowest BCUT2D eigenvalue weighted by atomic mass is 9.76. The van der Waals surface area contributed by atoms with E-state index in [1.807, 2.05) is 19.1 Å². The Morgan fingerprint density at radius 2 is 1.72 bits per heavy atom. The van der Waals surface area contributed by atoms with E-state index in [0.717, 1.165) is 63.1 Å². The second-order valence-corrected chi connectivity index (χ2v) is 10.2. The molecule has 3 rings (SSSR count). The summed E-state index contributed by atoms with van der Waals surface area (Å²) >= 11 is 0. The van der Waals surface area contributed by atoms with E-state index in [-0.39, 0.29) is 22.8 Å². The largest absolute Gasteiger partial charge is 0.508 e. The van der Waals surface area contributed by atoms with Gasteiger partial charge in [-0.2, -0.15) is 0 Å². The van der Waals surface area contributed by atoms with Crippen molar-refractivity contribution in [2.75, 3.05) is 26.3 Å². The summed E-state index contributed by atoms with van der Waals surface area (Å²) in [6.45, 7) is 15.6. The summed E-state index contributed by atoms with van der Waals surface area (Å²) in [7, 11) is 0. The number of hydrogen-bond acceptors (Lipinski definition) is 4. The van der Waals surface area contributed by atoms with Crippen molar-refractivity contribution in [1.29, 1.82) is 0 Å². The molecule has 2 fully saturated rings. The third kappa shape index (κ3) is 7.52. The van der Waals surface area contributed by atoms with Gasteiger partial charge in [0, 0.05) is 24.7 Å². The predicted molar refractivity (Wildman–Crippen MR) is 135 cm³/mol. The maximum atomic E-state index is 10.9. The van der Waals surface area contributed by atoms with Crippen LogP contribution < -0.4 is 0 Å². The monoisotopic (exact) mass is 445 g/mol. The molecular weight excluding hydrogens is 398 g/mol. The van der Waals surface area contributed by atoms with E-state index in [1.165, 1.54) is 32.1 Å². The average Bonchev–Trinajstić information content (AvgIpc) is 2.78. The molecule has 182 valence electrons. The number of phenolic OH excluding ortho intramolecular Hbond substituents is 2. The number of allylic oxidation sites excluding steroid dienone is 1. The Kier molecular flexibility index (Phi) is 11.1. The van der Waals surface area contributed by atoms with Crippen molar-refractivity contribution in [2.24, 2.45) is 0 Å². The Hall–Kier alpha value is -1.52. The first-order valence-corrected chi connectivity index (χ1v) is 12.8. The molecule has 1 saturated heterocycles. The molecule has 1 aliphatic heterocycles. The first kappa shape index (κ1) is 26.7. The molecule has 2 atom stereocenters. The lowest BCUT2D eigenvalue weighted by Crippen LogP contribution is -2.45. The van der Waals surface area contributed by atoms with Crippen LogP contribution in [0.4, 0.5) is 0 Å². The summed E-state index contributed by atoms with van der Waals surface area (Å²) < 4.78 is 5.50. The second-order valence-electron chi connectivity index (χ2n) is 10.2. The van der Waals surface area contributed by atoms with Crippen LogP contribution in [-0.2, 0) is 10.2 Å². The van der Waals surface area contributed by atoms with Crippen molar-refractivity contribution >= 4 is 0 Å².